The van der Waals surface area contributed by atoms with Gasteiger partial charge in [-0.15, -0.1) is 11.3 Å². The molecule has 18 heavy (non-hydrogen) atoms. The Bertz CT molecular complexity index is 716. The summed E-state index contributed by atoms with van der Waals surface area (Å²) in [5.41, 5.74) is 8.45. The van der Waals surface area contributed by atoms with Crippen LogP contribution in [0.3, 0.4) is 0 Å². The first-order chi connectivity index (χ1) is 8.67. The van der Waals surface area contributed by atoms with Crippen LogP contribution in [0.25, 0.3) is 21.9 Å². The molecule has 0 fully saturated rings. The number of aryl methyl sites for hydroxylation is 1. The zero-order chi connectivity index (χ0) is 12.7. The minimum Gasteiger partial charge on any atom is -0.481 e. The highest BCUT2D eigenvalue weighted by atomic mass is 32.1. The number of rotatable bonds is 2. The van der Waals surface area contributed by atoms with Crippen LogP contribution in [-0.4, -0.2) is 22.1 Å². The first-order valence-electron chi connectivity index (χ1n) is 5.44. The molecule has 0 bridgehead atoms. The molecule has 0 unspecified atom stereocenters. The third kappa shape index (κ3) is 1.70. The van der Waals surface area contributed by atoms with Gasteiger partial charge < -0.3 is 15.5 Å². The molecule has 3 aromatic heterocycles. The van der Waals surface area contributed by atoms with Gasteiger partial charge in [-0.25, -0.2) is 4.98 Å². The molecule has 6 heteroatoms. The number of aromatic nitrogens is 3. The molecular weight excluding hydrogens is 248 g/mol. The van der Waals surface area contributed by atoms with Gasteiger partial charge in [-0.3, -0.25) is 0 Å². The number of fused-ring (bicyclic) bond motifs is 1. The van der Waals surface area contributed by atoms with Gasteiger partial charge in [-0.1, -0.05) is 0 Å². The average molecular weight is 260 g/mol. The summed E-state index contributed by atoms with van der Waals surface area (Å²) in [6.45, 7) is 2.02. The predicted molar refractivity (Wildman–Crippen MR) is 72.9 cm³/mol. The standard InChI is InChI=1S/C12H12N4OS/c1-6-5-8(13)18-10(6)12-14-7-3-4-9(17-2)15-11(7)16-12/h3-5H,13H2,1-2H3,(H,14,15,16). The second kappa shape index (κ2) is 3.99. The van der Waals surface area contributed by atoms with E-state index in [2.05, 4.69) is 15.0 Å². The number of nitrogens with one attached hydrogen (secondary N) is 1. The van der Waals surface area contributed by atoms with Gasteiger partial charge in [0.05, 0.1) is 22.5 Å². The molecule has 0 aliphatic carbocycles. The van der Waals surface area contributed by atoms with E-state index in [9.17, 15) is 0 Å². The number of pyridine rings is 1. The monoisotopic (exact) mass is 260 g/mol. The van der Waals surface area contributed by atoms with E-state index in [4.69, 9.17) is 10.5 Å². The number of nitrogens with two attached hydrogens (primary N) is 1. The second-order valence-electron chi connectivity index (χ2n) is 3.97. The number of thiophene rings is 1. The molecule has 0 spiro atoms. The Morgan fingerprint density at radius 2 is 2.17 bits per heavy atom. The van der Waals surface area contributed by atoms with Crippen LogP contribution < -0.4 is 10.5 Å². The van der Waals surface area contributed by atoms with Gasteiger partial charge in [0.2, 0.25) is 5.88 Å². The van der Waals surface area contributed by atoms with Crippen molar-refractivity contribution in [2.24, 2.45) is 0 Å². The van der Waals surface area contributed by atoms with E-state index in [-0.39, 0.29) is 0 Å². The van der Waals surface area contributed by atoms with Crippen LogP contribution >= 0.6 is 11.3 Å². The van der Waals surface area contributed by atoms with Crippen LogP contribution in [0.4, 0.5) is 5.00 Å². The highest BCUT2D eigenvalue weighted by Crippen LogP contribution is 2.33. The molecule has 0 amide bonds. The molecule has 0 saturated heterocycles. The lowest BCUT2D eigenvalue weighted by molar-refractivity contribution is 0.399. The molecule has 0 aromatic carbocycles. The first kappa shape index (κ1) is 11.0. The molecule has 3 heterocycles. The van der Waals surface area contributed by atoms with Crippen molar-refractivity contribution in [2.75, 3.05) is 12.8 Å². The Hall–Kier alpha value is -2.08. The molecular formula is C12H12N4OS. The third-order valence-corrected chi connectivity index (χ3v) is 3.75. The minimum atomic E-state index is 0.558. The highest BCUT2D eigenvalue weighted by Gasteiger charge is 2.12. The summed E-state index contributed by atoms with van der Waals surface area (Å²) in [6.07, 6.45) is 0. The first-order valence-corrected chi connectivity index (χ1v) is 6.26. The third-order valence-electron chi connectivity index (χ3n) is 2.68. The fraction of sp³-hybridized carbons (Fsp3) is 0.167. The maximum atomic E-state index is 5.80. The quantitative estimate of drug-likeness (QED) is 0.742. The Morgan fingerprint density at radius 3 is 2.83 bits per heavy atom. The summed E-state index contributed by atoms with van der Waals surface area (Å²) in [6, 6.07) is 5.66. The molecule has 0 aliphatic rings. The van der Waals surface area contributed by atoms with E-state index in [1.54, 1.807) is 13.2 Å². The van der Waals surface area contributed by atoms with Crippen LogP contribution in [0.2, 0.25) is 0 Å². The number of methoxy groups -OCH3 is 1. The number of aromatic amines is 1. The lowest BCUT2D eigenvalue weighted by Crippen LogP contribution is -1.86. The molecule has 92 valence electrons. The summed E-state index contributed by atoms with van der Waals surface area (Å²) in [5.74, 6) is 1.35. The number of hydrogen-bond acceptors (Lipinski definition) is 5. The Morgan fingerprint density at radius 1 is 1.33 bits per heavy atom. The average Bonchev–Trinajstić information content (AvgIpc) is 2.90. The maximum Gasteiger partial charge on any atom is 0.215 e. The summed E-state index contributed by atoms with van der Waals surface area (Å²) < 4.78 is 5.08. The van der Waals surface area contributed by atoms with E-state index in [1.165, 1.54) is 11.3 Å². The van der Waals surface area contributed by atoms with Crippen molar-refractivity contribution in [2.45, 2.75) is 6.92 Å². The minimum absolute atomic E-state index is 0.558. The van der Waals surface area contributed by atoms with E-state index in [0.717, 1.165) is 26.8 Å². The van der Waals surface area contributed by atoms with E-state index in [1.807, 2.05) is 19.1 Å². The Balaban J connectivity index is 2.16. The van der Waals surface area contributed by atoms with Crippen molar-refractivity contribution in [3.8, 4) is 16.6 Å². The zero-order valence-electron chi connectivity index (χ0n) is 10.0. The molecule has 3 rings (SSSR count). The smallest absolute Gasteiger partial charge is 0.215 e. The number of anilines is 1. The SMILES string of the molecule is COc1ccc2[nH]c(-c3sc(N)cc3C)nc2n1. The van der Waals surface area contributed by atoms with Crippen LogP contribution in [0, 0.1) is 6.92 Å². The number of imidazole rings is 1. The van der Waals surface area contributed by atoms with Crippen molar-refractivity contribution in [3.05, 3.63) is 23.8 Å². The lowest BCUT2D eigenvalue weighted by atomic mass is 10.3. The number of H-pyrrole nitrogens is 1. The van der Waals surface area contributed by atoms with Crippen molar-refractivity contribution in [1.82, 2.24) is 15.0 Å². The highest BCUT2D eigenvalue weighted by molar-refractivity contribution is 7.19. The van der Waals surface area contributed by atoms with Gasteiger partial charge in [0.1, 0.15) is 0 Å². The maximum absolute atomic E-state index is 5.80. The van der Waals surface area contributed by atoms with Gasteiger partial charge in [0, 0.05) is 6.07 Å². The molecule has 0 atom stereocenters. The molecule has 0 radical (unpaired) electrons. The number of ether oxygens (including phenoxy) is 1. The van der Waals surface area contributed by atoms with Crippen molar-refractivity contribution < 1.29 is 4.74 Å². The van der Waals surface area contributed by atoms with E-state index < -0.39 is 0 Å². The van der Waals surface area contributed by atoms with Gasteiger partial charge in [-0.2, -0.15) is 4.98 Å². The number of nitrogen functional groups attached to an aromatic ring is 1. The summed E-state index contributed by atoms with van der Waals surface area (Å²) in [7, 11) is 1.59. The lowest BCUT2D eigenvalue weighted by Gasteiger charge is -1.95. The Labute approximate surface area is 108 Å². The molecule has 0 aliphatic heterocycles. The molecule has 3 aromatic rings. The largest absolute Gasteiger partial charge is 0.481 e. The Kier molecular flexibility index (Phi) is 2.45. The summed E-state index contributed by atoms with van der Waals surface area (Å²) in [4.78, 5) is 13.0. The normalized spacial score (nSPS) is 11.0. The van der Waals surface area contributed by atoms with Crippen molar-refractivity contribution in [3.63, 3.8) is 0 Å². The molecule has 0 saturated carbocycles. The van der Waals surface area contributed by atoms with E-state index >= 15 is 0 Å². The second-order valence-corrected chi connectivity index (χ2v) is 5.05. The van der Waals surface area contributed by atoms with Gasteiger partial charge >= 0.3 is 0 Å². The topological polar surface area (TPSA) is 76.8 Å². The van der Waals surface area contributed by atoms with Gasteiger partial charge in [0.15, 0.2) is 11.5 Å². The van der Waals surface area contributed by atoms with Crippen molar-refractivity contribution in [1.29, 1.82) is 0 Å². The summed E-state index contributed by atoms with van der Waals surface area (Å²) in [5, 5.41) is 0.786. The molecule has 5 nitrogen and oxygen atoms in total. The van der Waals surface area contributed by atoms with Gasteiger partial charge in [0.25, 0.3) is 0 Å². The number of nitrogens with zero attached hydrogens (tertiary/aromatic N) is 2. The van der Waals surface area contributed by atoms with Crippen LogP contribution in [-0.2, 0) is 0 Å². The van der Waals surface area contributed by atoms with Crippen LogP contribution in [0.15, 0.2) is 18.2 Å². The fourth-order valence-electron chi connectivity index (χ4n) is 1.84. The molecule has 3 N–H and O–H groups in total. The van der Waals surface area contributed by atoms with E-state index in [0.29, 0.717) is 11.5 Å². The summed E-state index contributed by atoms with van der Waals surface area (Å²) >= 11 is 1.52. The predicted octanol–water partition coefficient (Wildman–Crippen LogP) is 2.59. The van der Waals surface area contributed by atoms with Crippen LogP contribution in [0.1, 0.15) is 5.56 Å². The zero-order valence-corrected chi connectivity index (χ0v) is 10.8. The fourth-order valence-corrected chi connectivity index (χ4v) is 2.72. The van der Waals surface area contributed by atoms with Crippen LogP contribution in [0.5, 0.6) is 5.88 Å². The van der Waals surface area contributed by atoms with Crippen molar-refractivity contribution >= 4 is 27.5 Å². The number of hydrogen-bond donors (Lipinski definition) is 2. The van der Waals surface area contributed by atoms with Gasteiger partial charge in [-0.05, 0) is 24.6 Å².